The van der Waals surface area contributed by atoms with Gasteiger partial charge >= 0.3 is 0 Å². The molecule has 0 radical (unpaired) electrons. The van der Waals surface area contributed by atoms with E-state index in [2.05, 4.69) is 32.0 Å². The molecule has 2 N–H and O–H groups in total. The highest BCUT2D eigenvalue weighted by Gasteiger charge is 2.37. The van der Waals surface area contributed by atoms with Crippen molar-refractivity contribution < 1.29 is 4.74 Å². The quantitative estimate of drug-likeness (QED) is 0.888. The van der Waals surface area contributed by atoms with E-state index < -0.39 is 0 Å². The molecule has 2 nitrogen and oxygen atoms in total. The van der Waals surface area contributed by atoms with E-state index in [9.17, 15) is 0 Å². The smallest absolute Gasteiger partial charge is 0.120 e. The summed E-state index contributed by atoms with van der Waals surface area (Å²) in [4.78, 5) is 0. The Labute approximate surface area is 122 Å². The van der Waals surface area contributed by atoms with Gasteiger partial charge in [0.05, 0.1) is 0 Å². The van der Waals surface area contributed by atoms with Gasteiger partial charge in [-0.05, 0) is 73.6 Å². The summed E-state index contributed by atoms with van der Waals surface area (Å²) in [6.45, 7) is 4.53. The van der Waals surface area contributed by atoms with Crippen LogP contribution in [0.25, 0.3) is 0 Å². The first-order chi connectivity index (χ1) is 9.56. The van der Waals surface area contributed by atoms with Gasteiger partial charge in [-0.1, -0.05) is 19.9 Å². The van der Waals surface area contributed by atoms with Crippen molar-refractivity contribution in [2.24, 2.45) is 11.1 Å². The summed E-state index contributed by atoms with van der Waals surface area (Å²) in [7, 11) is 0. The van der Waals surface area contributed by atoms with Crippen LogP contribution in [-0.2, 0) is 12.8 Å². The maximum atomic E-state index is 6.42. The van der Waals surface area contributed by atoms with E-state index in [4.69, 9.17) is 10.5 Å². The van der Waals surface area contributed by atoms with Crippen LogP contribution in [-0.4, -0.2) is 12.1 Å². The number of nitrogens with two attached hydrogens (primary N) is 1. The summed E-state index contributed by atoms with van der Waals surface area (Å²) in [5.41, 5.74) is 9.60. The van der Waals surface area contributed by atoms with Gasteiger partial charge in [0.1, 0.15) is 11.9 Å². The summed E-state index contributed by atoms with van der Waals surface area (Å²) in [5, 5.41) is 0. The Hall–Kier alpha value is -1.02. The molecule has 3 rings (SSSR count). The lowest BCUT2D eigenvalue weighted by Gasteiger charge is -2.41. The lowest BCUT2D eigenvalue weighted by atomic mass is 9.72. The van der Waals surface area contributed by atoms with Gasteiger partial charge in [-0.3, -0.25) is 0 Å². The van der Waals surface area contributed by atoms with Crippen LogP contribution >= 0.6 is 0 Å². The van der Waals surface area contributed by atoms with Crippen LogP contribution in [0.15, 0.2) is 18.2 Å². The van der Waals surface area contributed by atoms with Gasteiger partial charge in [0.25, 0.3) is 0 Å². The molecular formula is C18H27NO. The maximum Gasteiger partial charge on any atom is 0.120 e. The van der Waals surface area contributed by atoms with Crippen molar-refractivity contribution in [3.8, 4) is 5.75 Å². The SMILES string of the molecule is CC1(C)CCCC(Oc2ccc3c(c2)CCCC3)C1N. The molecule has 0 aromatic heterocycles. The molecule has 0 saturated heterocycles. The van der Waals surface area contributed by atoms with E-state index >= 15 is 0 Å². The van der Waals surface area contributed by atoms with Crippen LogP contribution in [0.3, 0.4) is 0 Å². The van der Waals surface area contributed by atoms with Crippen molar-refractivity contribution in [3.63, 3.8) is 0 Å². The molecule has 0 aliphatic heterocycles. The molecule has 1 saturated carbocycles. The number of benzene rings is 1. The minimum Gasteiger partial charge on any atom is -0.489 e. The number of aryl methyl sites for hydroxylation is 2. The zero-order valence-corrected chi connectivity index (χ0v) is 12.8. The Balaban J connectivity index is 1.74. The Morgan fingerprint density at radius 1 is 1.10 bits per heavy atom. The average molecular weight is 273 g/mol. The molecular weight excluding hydrogens is 246 g/mol. The van der Waals surface area contributed by atoms with Crippen LogP contribution < -0.4 is 10.5 Å². The second kappa shape index (κ2) is 5.40. The molecule has 1 fully saturated rings. The molecule has 2 atom stereocenters. The third-order valence-electron chi connectivity index (χ3n) is 5.22. The Kier molecular flexibility index (Phi) is 3.76. The average Bonchev–Trinajstić information content (AvgIpc) is 2.44. The van der Waals surface area contributed by atoms with E-state index in [0.717, 1.165) is 12.2 Å². The van der Waals surface area contributed by atoms with Gasteiger partial charge < -0.3 is 10.5 Å². The molecule has 2 aliphatic carbocycles. The monoisotopic (exact) mass is 273 g/mol. The molecule has 1 aromatic carbocycles. The zero-order valence-electron chi connectivity index (χ0n) is 12.8. The van der Waals surface area contributed by atoms with Crippen molar-refractivity contribution in [1.82, 2.24) is 0 Å². The van der Waals surface area contributed by atoms with E-state index in [1.807, 2.05) is 0 Å². The molecule has 0 heterocycles. The van der Waals surface area contributed by atoms with E-state index in [0.29, 0.717) is 0 Å². The highest BCUT2D eigenvalue weighted by Crippen LogP contribution is 2.36. The lowest BCUT2D eigenvalue weighted by molar-refractivity contribution is 0.0567. The predicted molar refractivity (Wildman–Crippen MR) is 83.1 cm³/mol. The van der Waals surface area contributed by atoms with Gasteiger partial charge in [0.15, 0.2) is 0 Å². The number of hydrogen-bond acceptors (Lipinski definition) is 2. The van der Waals surface area contributed by atoms with Crippen LogP contribution in [0.4, 0.5) is 0 Å². The van der Waals surface area contributed by atoms with Crippen LogP contribution in [0.5, 0.6) is 5.75 Å². The zero-order chi connectivity index (χ0) is 14.2. The largest absolute Gasteiger partial charge is 0.489 e. The summed E-state index contributed by atoms with van der Waals surface area (Å²) in [5.74, 6) is 1.02. The van der Waals surface area contributed by atoms with Crippen molar-refractivity contribution in [2.45, 2.75) is 70.9 Å². The highest BCUT2D eigenvalue weighted by atomic mass is 16.5. The number of rotatable bonds is 2. The third-order valence-corrected chi connectivity index (χ3v) is 5.22. The molecule has 2 unspecified atom stereocenters. The summed E-state index contributed by atoms with van der Waals surface area (Å²) >= 11 is 0. The molecule has 0 bridgehead atoms. The standard InChI is InChI=1S/C18H27NO/c1-18(2)11-5-8-16(17(18)19)20-15-10-9-13-6-3-4-7-14(13)12-15/h9-10,12,16-17H,3-8,11,19H2,1-2H3. The second-order valence-electron chi connectivity index (χ2n) is 7.20. The van der Waals surface area contributed by atoms with Crippen molar-refractivity contribution in [3.05, 3.63) is 29.3 Å². The summed E-state index contributed by atoms with van der Waals surface area (Å²) in [6, 6.07) is 6.78. The molecule has 2 heteroatoms. The van der Waals surface area contributed by atoms with Crippen molar-refractivity contribution in [1.29, 1.82) is 0 Å². The second-order valence-corrected chi connectivity index (χ2v) is 7.20. The van der Waals surface area contributed by atoms with Crippen molar-refractivity contribution in [2.75, 3.05) is 0 Å². The number of fused-ring (bicyclic) bond motifs is 1. The molecule has 0 amide bonds. The third kappa shape index (κ3) is 2.71. The normalized spacial score (nSPS) is 28.8. The fourth-order valence-corrected chi connectivity index (χ4v) is 3.70. The van der Waals surface area contributed by atoms with E-state index in [-0.39, 0.29) is 17.6 Å². The first kappa shape index (κ1) is 13.9. The van der Waals surface area contributed by atoms with Crippen LogP contribution in [0, 0.1) is 5.41 Å². The topological polar surface area (TPSA) is 35.2 Å². The Bertz CT molecular complexity index is 480. The van der Waals surface area contributed by atoms with Gasteiger partial charge in [-0.25, -0.2) is 0 Å². The van der Waals surface area contributed by atoms with Crippen molar-refractivity contribution >= 4 is 0 Å². The minimum atomic E-state index is 0.132. The van der Waals surface area contributed by atoms with Crippen LogP contribution in [0.1, 0.15) is 57.1 Å². The van der Waals surface area contributed by atoms with Crippen LogP contribution in [0.2, 0.25) is 0 Å². The summed E-state index contributed by atoms with van der Waals surface area (Å²) in [6.07, 6.45) is 8.75. The summed E-state index contributed by atoms with van der Waals surface area (Å²) < 4.78 is 6.24. The van der Waals surface area contributed by atoms with Gasteiger partial charge in [0.2, 0.25) is 0 Å². The fourth-order valence-electron chi connectivity index (χ4n) is 3.70. The predicted octanol–water partition coefficient (Wildman–Crippen LogP) is 3.85. The fraction of sp³-hybridized carbons (Fsp3) is 0.667. The Morgan fingerprint density at radius 3 is 2.65 bits per heavy atom. The first-order valence-corrected chi connectivity index (χ1v) is 8.10. The van der Waals surface area contributed by atoms with Gasteiger partial charge in [-0.2, -0.15) is 0 Å². The molecule has 0 spiro atoms. The van der Waals surface area contributed by atoms with Gasteiger partial charge in [0, 0.05) is 6.04 Å². The lowest BCUT2D eigenvalue weighted by Crippen LogP contribution is -2.51. The molecule has 2 aliphatic rings. The highest BCUT2D eigenvalue weighted by molar-refractivity contribution is 5.37. The maximum absolute atomic E-state index is 6.42. The van der Waals surface area contributed by atoms with E-state index in [1.54, 1.807) is 0 Å². The van der Waals surface area contributed by atoms with E-state index in [1.165, 1.54) is 49.7 Å². The Morgan fingerprint density at radius 2 is 1.85 bits per heavy atom. The number of ether oxygens (including phenoxy) is 1. The number of hydrogen-bond donors (Lipinski definition) is 1. The molecule has 1 aromatic rings. The molecule has 110 valence electrons. The minimum absolute atomic E-state index is 0.132. The molecule has 20 heavy (non-hydrogen) atoms. The first-order valence-electron chi connectivity index (χ1n) is 8.10. The van der Waals surface area contributed by atoms with Gasteiger partial charge in [-0.15, -0.1) is 0 Å².